The average molecular weight is 314 g/mol. The van der Waals surface area contributed by atoms with Crippen molar-refractivity contribution in [3.8, 4) is 9.88 Å². The number of aromatic nitrogens is 1. The van der Waals surface area contributed by atoms with Gasteiger partial charge in [-0.3, -0.25) is 4.79 Å². The number of rotatable bonds is 4. The van der Waals surface area contributed by atoms with Crippen molar-refractivity contribution in [2.75, 3.05) is 0 Å². The largest absolute Gasteiger partial charge is 0.345 e. The summed E-state index contributed by atoms with van der Waals surface area (Å²) in [5.41, 5.74) is 1.09. The van der Waals surface area contributed by atoms with Crippen molar-refractivity contribution < 1.29 is 4.79 Å². The van der Waals surface area contributed by atoms with Gasteiger partial charge >= 0.3 is 0 Å². The fraction of sp³-hybridized carbons (Fsp3) is 0.125. The number of carbonyl (C=O) groups is 1. The maximum atomic E-state index is 12.3. The van der Waals surface area contributed by atoms with Crippen LogP contribution >= 0.6 is 22.7 Å². The van der Waals surface area contributed by atoms with Crippen molar-refractivity contribution in [2.45, 2.75) is 13.0 Å². The molecule has 0 aliphatic rings. The third kappa shape index (κ3) is 3.20. The maximum Gasteiger partial charge on any atom is 0.263 e. The lowest BCUT2D eigenvalue weighted by Gasteiger charge is -2.13. The first-order valence-electron chi connectivity index (χ1n) is 6.59. The lowest BCUT2D eigenvalue weighted by molar-refractivity contribution is 0.0944. The Kier molecular flexibility index (Phi) is 4.13. The third-order valence-corrected chi connectivity index (χ3v) is 5.14. The van der Waals surface area contributed by atoms with Gasteiger partial charge in [-0.1, -0.05) is 36.4 Å². The molecule has 0 radical (unpaired) electrons. The predicted molar refractivity (Wildman–Crippen MR) is 87.8 cm³/mol. The highest BCUT2D eigenvalue weighted by Gasteiger charge is 2.15. The van der Waals surface area contributed by atoms with Gasteiger partial charge in [0.2, 0.25) is 0 Å². The number of amides is 1. The van der Waals surface area contributed by atoms with E-state index in [0.717, 1.165) is 15.4 Å². The second kappa shape index (κ2) is 6.20. The molecule has 0 spiro atoms. The second-order valence-corrected chi connectivity index (χ2v) is 6.59. The molecule has 1 unspecified atom stereocenters. The van der Waals surface area contributed by atoms with Gasteiger partial charge < -0.3 is 5.32 Å². The molecule has 3 nitrogen and oxygen atoms in total. The van der Waals surface area contributed by atoms with E-state index >= 15 is 0 Å². The van der Waals surface area contributed by atoms with E-state index in [4.69, 9.17) is 0 Å². The summed E-state index contributed by atoms with van der Waals surface area (Å²) in [6.45, 7) is 1.98. The molecular formula is C16H14N2OS2. The standard InChI is InChI=1S/C16H14N2OS2/c1-11(12-6-3-2-4-7-12)18-15(19)14-10-17-16(21-14)13-8-5-9-20-13/h2-11H,1H3,(H,18,19). The Morgan fingerprint density at radius 3 is 2.71 bits per heavy atom. The van der Waals surface area contributed by atoms with Gasteiger partial charge in [-0.15, -0.1) is 22.7 Å². The topological polar surface area (TPSA) is 42.0 Å². The zero-order valence-corrected chi connectivity index (χ0v) is 13.1. The lowest BCUT2D eigenvalue weighted by Crippen LogP contribution is -2.25. The summed E-state index contributed by atoms with van der Waals surface area (Å²) in [4.78, 5) is 18.3. The monoisotopic (exact) mass is 314 g/mol. The van der Waals surface area contributed by atoms with Gasteiger partial charge in [0.25, 0.3) is 5.91 Å². The summed E-state index contributed by atoms with van der Waals surface area (Å²) in [6.07, 6.45) is 1.65. The molecule has 2 heterocycles. The van der Waals surface area contributed by atoms with Gasteiger partial charge in [-0.05, 0) is 23.9 Å². The van der Waals surface area contributed by atoms with Crippen LogP contribution in [0.5, 0.6) is 0 Å². The molecule has 0 saturated carbocycles. The number of carbonyl (C=O) groups excluding carboxylic acids is 1. The normalized spacial score (nSPS) is 12.0. The Labute approximate surface area is 131 Å². The van der Waals surface area contributed by atoms with Gasteiger partial charge in [0.05, 0.1) is 17.1 Å². The highest BCUT2D eigenvalue weighted by atomic mass is 32.1. The van der Waals surface area contributed by atoms with E-state index in [1.54, 1.807) is 17.5 Å². The van der Waals surface area contributed by atoms with Crippen LogP contribution in [-0.4, -0.2) is 10.9 Å². The molecule has 1 atom stereocenters. The minimum atomic E-state index is -0.0772. The second-order valence-electron chi connectivity index (χ2n) is 4.61. The zero-order chi connectivity index (χ0) is 14.7. The van der Waals surface area contributed by atoms with E-state index in [-0.39, 0.29) is 11.9 Å². The molecule has 1 amide bonds. The van der Waals surface area contributed by atoms with Crippen LogP contribution in [0.15, 0.2) is 54.0 Å². The predicted octanol–water partition coefficient (Wildman–Crippen LogP) is 4.36. The van der Waals surface area contributed by atoms with Crippen molar-refractivity contribution >= 4 is 28.6 Å². The fourth-order valence-corrected chi connectivity index (χ4v) is 3.61. The summed E-state index contributed by atoms with van der Waals surface area (Å²) in [5, 5.41) is 5.91. The molecule has 0 aliphatic carbocycles. The van der Waals surface area contributed by atoms with Crippen LogP contribution < -0.4 is 5.32 Å². The van der Waals surface area contributed by atoms with Gasteiger partial charge in [0.15, 0.2) is 0 Å². The Hall–Kier alpha value is -1.98. The van der Waals surface area contributed by atoms with Crippen LogP contribution in [0.3, 0.4) is 0 Å². The van der Waals surface area contributed by atoms with E-state index in [1.807, 2.05) is 54.8 Å². The number of thiazole rings is 1. The zero-order valence-electron chi connectivity index (χ0n) is 11.4. The minimum Gasteiger partial charge on any atom is -0.345 e. The molecule has 5 heteroatoms. The summed E-state index contributed by atoms with van der Waals surface area (Å²) in [5.74, 6) is -0.0772. The number of nitrogens with zero attached hydrogens (tertiary/aromatic N) is 1. The van der Waals surface area contributed by atoms with Crippen molar-refractivity contribution in [3.63, 3.8) is 0 Å². The number of hydrogen-bond donors (Lipinski definition) is 1. The minimum absolute atomic E-state index is 0.0222. The Balaban J connectivity index is 1.71. The van der Waals surface area contributed by atoms with Gasteiger partial charge in [-0.2, -0.15) is 0 Å². The molecule has 0 bridgehead atoms. The third-order valence-electron chi connectivity index (χ3n) is 3.11. The Morgan fingerprint density at radius 2 is 2.00 bits per heavy atom. The van der Waals surface area contributed by atoms with Gasteiger partial charge in [0, 0.05) is 0 Å². The van der Waals surface area contributed by atoms with E-state index in [0.29, 0.717) is 4.88 Å². The average Bonchev–Trinajstić information content (AvgIpc) is 3.19. The highest BCUT2D eigenvalue weighted by Crippen LogP contribution is 2.29. The Morgan fingerprint density at radius 1 is 1.19 bits per heavy atom. The van der Waals surface area contributed by atoms with E-state index < -0.39 is 0 Å². The summed E-state index contributed by atoms with van der Waals surface area (Å²) in [7, 11) is 0. The van der Waals surface area contributed by atoms with Crippen molar-refractivity contribution in [2.24, 2.45) is 0 Å². The van der Waals surface area contributed by atoms with Crippen LogP contribution in [0.4, 0.5) is 0 Å². The lowest BCUT2D eigenvalue weighted by atomic mass is 10.1. The smallest absolute Gasteiger partial charge is 0.263 e. The van der Waals surface area contributed by atoms with Crippen LogP contribution in [0.1, 0.15) is 28.2 Å². The fourth-order valence-electron chi connectivity index (χ4n) is 1.99. The molecule has 106 valence electrons. The van der Waals surface area contributed by atoms with E-state index in [9.17, 15) is 4.79 Å². The number of thiophene rings is 1. The quantitative estimate of drug-likeness (QED) is 0.777. The first-order valence-corrected chi connectivity index (χ1v) is 8.29. The maximum absolute atomic E-state index is 12.3. The summed E-state index contributed by atoms with van der Waals surface area (Å²) in [6, 6.07) is 13.9. The van der Waals surface area contributed by atoms with E-state index in [1.165, 1.54) is 11.3 Å². The molecule has 3 aromatic rings. The molecule has 1 N–H and O–H groups in total. The molecule has 2 aromatic heterocycles. The molecule has 21 heavy (non-hydrogen) atoms. The summed E-state index contributed by atoms with van der Waals surface area (Å²) >= 11 is 3.05. The van der Waals surface area contributed by atoms with Crippen LogP contribution in [0, 0.1) is 0 Å². The number of nitrogens with one attached hydrogen (secondary N) is 1. The SMILES string of the molecule is CC(NC(=O)c1cnc(-c2cccs2)s1)c1ccccc1. The molecule has 0 saturated heterocycles. The molecular weight excluding hydrogens is 300 g/mol. The number of hydrogen-bond acceptors (Lipinski definition) is 4. The highest BCUT2D eigenvalue weighted by molar-refractivity contribution is 7.21. The van der Waals surface area contributed by atoms with Crippen LogP contribution in [0.2, 0.25) is 0 Å². The van der Waals surface area contributed by atoms with Crippen molar-refractivity contribution in [1.82, 2.24) is 10.3 Å². The summed E-state index contributed by atoms with van der Waals surface area (Å²) < 4.78 is 0. The van der Waals surface area contributed by atoms with Crippen molar-refractivity contribution in [3.05, 3.63) is 64.5 Å². The molecule has 0 aliphatic heterocycles. The van der Waals surface area contributed by atoms with Gasteiger partial charge in [0.1, 0.15) is 9.88 Å². The first kappa shape index (κ1) is 14.0. The van der Waals surface area contributed by atoms with Crippen molar-refractivity contribution in [1.29, 1.82) is 0 Å². The molecule has 1 aromatic carbocycles. The molecule has 0 fully saturated rings. The van der Waals surface area contributed by atoms with Crippen LogP contribution in [-0.2, 0) is 0 Å². The van der Waals surface area contributed by atoms with E-state index in [2.05, 4.69) is 10.3 Å². The Bertz CT molecular complexity index is 720. The first-order chi connectivity index (χ1) is 10.2. The van der Waals surface area contributed by atoms with Gasteiger partial charge in [-0.25, -0.2) is 4.98 Å². The number of benzene rings is 1. The molecule has 3 rings (SSSR count). The van der Waals surface area contributed by atoms with Crippen LogP contribution in [0.25, 0.3) is 9.88 Å².